The Morgan fingerprint density at radius 2 is 1.86 bits per heavy atom. The number of hydrogen-bond donors (Lipinski definition) is 1. The molecule has 1 nitrogen and oxygen atoms in total. The number of hydrogen-bond acceptors (Lipinski definition) is 1. The summed E-state index contributed by atoms with van der Waals surface area (Å²) < 4.78 is 0. The van der Waals surface area contributed by atoms with E-state index in [-0.39, 0.29) is 0 Å². The Kier molecular flexibility index (Phi) is 6.25. The predicted octanol–water partition coefficient (Wildman–Crippen LogP) is 3.72. The molecule has 0 radical (unpaired) electrons. The molecule has 0 aromatic rings. The molecule has 0 spiro atoms. The smallest absolute Gasteiger partial charge is 0.00462 e. The fraction of sp³-hybridized carbons (Fsp3) is 1.00. The molecule has 1 aliphatic rings. The highest BCUT2D eigenvalue weighted by Gasteiger charge is 2.21. The van der Waals surface area contributed by atoms with Crippen LogP contribution in [-0.2, 0) is 0 Å². The van der Waals surface area contributed by atoms with E-state index in [1.165, 1.54) is 57.8 Å². The SMILES string of the molecule is CCCCCC(CN)C1CCCCC1. The average Bonchev–Trinajstić information content (AvgIpc) is 2.26. The molecule has 1 heteroatoms. The third-order valence-electron chi connectivity index (χ3n) is 3.80. The fourth-order valence-electron chi connectivity index (χ4n) is 2.81. The van der Waals surface area contributed by atoms with E-state index < -0.39 is 0 Å². The van der Waals surface area contributed by atoms with Crippen molar-refractivity contribution >= 4 is 0 Å². The van der Waals surface area contributed by atoms with E-state index >= 15 is 0 Å². The molecule has 0 aromatic carbocycles. The second-order valence-electron chi connectivity index (χ2n) is 4.89. The van der Waals surface area contributed by atoms with Gasteiger partial charge in [-0.1, -0.05) is 58.3 Å². The minimum atomic E-state index is 0.835. The first-order valence-corrected chi connectivity index (χ1v) is 6.58. The molecule has 0 saturated heterocycles. The zero-order valence-corrected chi connectivity index (χ0v) is 9.80. The normalized spacial score (nSPS) is 21.0. The quantitative estimate of drug-likeness (QED) is 0.645. The van der Waals surface area contributed by atoms with Gasteiger partial charge in [0.15, 0.2) is 0 Å². The Balaban J connectivity index is 2.21. The molecule has 1 rings (SSSR count). The molecule has 1 aliphatic carbocycles. The second kappa shape index (κ2) is 7.28. The van der Waals surface area contributed by atoms with Crippen molar-refractivity contribution < 1.29 is 0 Å². The van der Waals surface area contributed by atoms with Crippen LogP contribution >= 0.6 is 0 Å². The van der Waals surface area contributed by atoms with Crippen molar-refractivity contribution in [1.29, 1.82) is 0 Å². The first-order chi connectivity index (χ1) is 6.88. The van der Waals surface area contributed by atoms with Crippen LogP contribution in [-0.4, -0.2) is 6.54 Å². The van der Waals surface area contributed by atoms with Crippen molar-refractivity contribution in [1.82, 2.24) is 0 Å². The van der Waals surface area contributed by atoms with Gasteiger partial charge >= 0.3 is 0 Å². The van der Waals surface area contributed by atoms with Crippen molar-refractivity contribution in [3.63, 3.8) is 0 Å². The Bertz CT molecular complexity index is 127. The summed E-state index contributed by atoms with van der Waals surface area (Å²) in [6.07, 6.45) is 12.8. The van der Waals surface area contributed by atoms with Crippen molar-refractivity contribution in [3.05, 3.63) is 0 Å². The van der Waals surface area contributed by atoms with Gasteiger partial charge in [-0.2, -0.15) is 0 Å². The van der Waals surface area contributed by atoms with Crippen LogP contribution in [0.4, 0.5) is 0 Å². The molecule has 1 atom stereocenters. The molecule has 84 valence electrons. The van der Waals surface area contributed by atoms with Gasteiger partial charge in [0.05, 0.1) is 0 Å². The first-order valence-electron chi connectivity index (χ1n) is 6.58. The number of nitrogens with two attached hydrogens (primary N) is 1. The molecule has 0 amide bonds. The summed E-state index contributed by atoms with van der Waals surface area (Å²) in [6.45, 7) is 3.20. The standard InChI is InChI=1S/C13H27N/c1-2-3-5-10-13(11-14)12-8-6-4-7-9-12/h12-13H,2-11,14H2,1H3. The minimum absolute atomic E-state index is 0.835. The summed E-state index contributed by atoms with van der Waals surface area (Å²) in [5.74, 6) is 1.80. The van der Waals surface area contributed by atoms with Gasteiger partial charge in [-0.05, 0) is 24.8 Å². The average molecular weight is 197 g/mol. The van der Waals surface area contributed by atoms with E-state index in [0.717, 1.165) is 18.4 Å². The molecule has 0 bridgehead atoms. The summed E-state index contributed by atoms with van der Waals surface area (Å²) in [5, 5.41) is 0. The third-order valence-corrected chi connectivity index (χ3v) is 3.80. The molecule has 1 unspecified atom stereocenters. The van der Waals surface area contributed by atoms with Crippen LogP contribution in [0.2, 0.25) is 0 Å². The van der Waals surface area contributed by atoms with Crippen LogP contribution in [0.1, 0.15) is 64.7 Å². The largest absolute Gasteiger partial charge is 0.330 e. The highest BCUT2D eigenvalue weighted by molar-refractivity contribution is 4.74. The topological polar surface area (TPSA) is 26.0 Å². The summed E-state index contributed by atoms with van der Waals surface area (Å²) >= 11 is 0. The van der Waals surface area contributed by atoms with E-state index in [0.29, 0.717) is 0 Å². The Morgan fingerprint density at radius 1 is 1.14 bits per heavy atom. The van der Waals surface area contributed by atoms with Gasteiger partial charge in [0, 0.05) is 0 Å². The third kappa shape index (κ3) is 4.00. The van der Waals surface area contributed by atoms with E-state index in [4.69, 9.17) is 5.73 Å². The number of unbranched alkanes of at least 4 members (excludes halogenated alkanes) is 2. The minimum Gasteiger partial charge on any atom is -0.330 e. The van der Waals surface area contributed by atoms with Crippen molar-refractivity contribution in [2.45, 2.75) is 64.7 Å². The van der Waals surface area contributed by atoms with Crippen LogP contribution in [0.5, 0.6) is 0 Å². The first kappa shape index (κ1) is 12.0. The zero-order valence-electron chi connectivity index (χ0n) is 9.80. The highest BCUT2D eigenvalue weighted by atomic mass is 14.6. The molecule has 1 fully saturated rings. The molecule has 0 aliphatic heterocycles. The van der Waals surface area contributed by atoms with Gasteiger partial charge in [-0.3, -0.25) is 0 Å². The maximum absolute atomic E-state index is 5.89. The molecular formula is C13H27N. The van der Waals surface area contributed by atoms with Crippen LogP contribution in [0, 0.1) is 11.8 Å². The number of rotatable bonds is 6. The predicted molar refractivity (Wildman–Crippen MR) is 63.3 cm³/mol. The van der Waals surface area contributed by atoms with E-state index in [9.17, 15) is 0 Å². The summed E-state index contributed by atoms with van der Waals surface area (Å²) in [6, 6.07) is 0. The lowest BCUT2D eigenvalue weighted by molar-refractivity contribution is 0.237. The molecule has 1 saturated carbocycles. The maximum Gasteiger partial charge on any atom is -0.00462 e. The lowest BCUT2D eigenvalue weighted by atomic mass is 9.78. The molecule has 2 N–H and O–H groups in total. The van der Waals surface area contributed by atoms with Crippen LogP contribution < -0.4 is 5.73 Å². The summed E-state index contributed by atoms with van der Waals surface area (Å²) in [7, 11) is 0. The van der Waals surface area contributed by atoms with E-state index in [2.05, 4.69) is 6.92 Å². The van der Waals surface area contributed by atoms with Gasteiger partial charge < -0.3 is 5.73 Å². The lowest BCUT2D eigenvalue weighted by Gasteiger charge is -2.29. The lowest BCUT2D eigenvalue weighted by Crippen LogP contribution is -2.25. The van der Waals surface area contributed by atoms with Crippen molar-refractivity contribution in [2.24, 2.45) is 17.6 Å². The Hall–Kier alpha value is -0.0400. The van der Waals surface area contributed by atoms with Crippen molar-refractivity contribution in [3.8, 4) is 0 Å². The summed E-state index contributed by atoms with van der Waals surface area (Å²) in [4.78, 5) is 0. The van der Waals surface area contributed by atoms with Gasteiger partial charge in [-0.15, -0.1) is 0 Å². The second-order valence-corrected chi connectivity index (χ2v) is 4.89. The van der Waals surface area contributed by atoms with Crippen molar-refractivity contribution in [2.75, 3.05) is 6.54 Å². The van der Waals surface area contributed by atoms with Crippen LogP contribution in [0.25, 0.3) is 0 Å². The molecular weight excluding hydrogens is 170 g/mol. The van der Waals surface area contributed by atoms with Gasteiger partial charge in [0.1, 0.15) is 0 Å². The van der Waals surface area contributed by atoms with E-state index in [1.807, 2.05) is 0 Å². The zero-order chi connectivity index (χ0) is 10.2. The maximum atomic E-state index is 5.89. The van der Waals surface area contributed by atoms with Gasteiger partial charge in [0.2, 0.25) is 0 Å². The summed E-state index contributed by atoms with van der Waals surface area (Å²) in [5.41, 5.74) is 5.89. The van der Waals surface area contributed by atoms with Gasteiger partial charge in [0.25, 0.3) is 0 Å². The van der Waals surface area contributed by atoms with E-state index in [1.54, 1.807) is 0 Å². The molecule has 0 heterocycles. The highest BCUT2D eigenvalue weighted by Crippen LogP contribution is 2.32. The van der Waals surface area contributed by atoms with Gasteiger partial charge in [-0.25, -0.2) is 0 Å². The monoisotopic (exact) mass is 197 g/mol. The van der Waals surface area contributed by atoms with Crippen LogP contribution in [0.3, 0.4) is 0 Å². The molecule has 14 heavy (non-hydrogen) atoms. The van der Waals surface area contributed by atoms with Crippen LogP contribution in [0.15, 0.2) is 0 Å². The Morgan fingerprint density at radius 3 is 2.43 bits per heavy atom. The Labute approximate surface area is 89.5 Å². The fourth-order valence-corrected chi connectivity index (χ4v) is 2.81. The molecule has 0 aromatic heterocycles.